The highest BCUT2D eigenvalue weighted by atomic mass is 35.5. The maximum absolute atomic E-state index is 13.3. The normalized spacial score (nSPS) is 16.8. The van der Waals surface area contributed by atoms with Crippen LogP contribution in [0.3, 0.4) is 0 Å². The molecular weight excluding hydrogens is 442 g/mol. The van der Waals surface area contributed by atoms with Gasteiger partial charge in [-0.25, -0.2) is 4.99 Å². The van der Waals surface area contributed by atoms with Gasteiger partial charge in [0.1, 0.15) is 18.0 Å². The Morgan fingerprint density at radius 2 is 2.00 bits per heavy atom. The van der Waals surface area contributed by atoms with E-state index in [1.165, 1.54) is 0 Å². The molecule has 1 aliphatic heterocycles. The number of hydrogen-bond acceptors (Lipinski definition) is 5. The van der Waals surface area contributed by atoms with E-state index in [4.69, 9.17) is 21.8 Å². The van der Waals surface area contributed by atoms with Crippen LogP contribution in [0.15, 0.2) is 57.9 Å². The number of benzene rings is 2. The van der Waals surface area contributed by atoms with Crippen molar-refractivity contribution in [3.05, 3.63) is 64.9 Å². The van der Waals surface area contributed by atoms with Gasteiger partial charge in [0.15, 0.2) is 5.84 Å². The number of amidine groups is 1. The molecule has 1 atom stereocenters. The Kier molecular flexibility index (Phi) is 6.55. The third-order valence-electron chi connectivity index (χ3n) is 5.74. The van der Waals surface area contributed by atoms with Crippen molar-refractivity contribution in [3.63, 3.8) is 0 Å². The summed E-state index contributed by atoms with van der Waals surface area (Å²) in [5, 5.41) is 4.46. The highest BCUT2D eigenvalue weighted by Gasteiger charge is 2.33. The molecule has 1 fully saturated rings. The number of nitrogens with one attached hydrogen (secondary N) is 1. The number of amides is 2. The number of rotatable bonds is 4. The molecule has 9 heteroatoms. The molecule has 2 heterocycles. The van der Waals surface area contributed by atoms with Crippen LogP contribution >= 0.6 is 11.6 Å². The quantitative estimate of drug-likeness (QED) is 0.451. The Morgan fingerprint density at radius 3 is 2.76 bits per heavy atom. The molecule has 0 saturated carbocycles. The van der Waals surface area contributed by atoms with Gasteiger partial charge in [-0.15, -0.1) is 0 Å². The lowest BCUT2D eigenvalue weighted by Crippen LogP contribution is -2.57. The Balaban J connectivity index is 1.38. The molecule has 1 aliphatic rings. The molecule has 3 N–H and O–H groups in total. The minimum absolute atomic E-state index is 0.0758. The van der Waals surface area contributed by atoms with Gasteiger partial charge in [-0.05, 0) is 38.1 Å². The van der Waals surface area contributed by atoms with Crippen LogP contribution in [-0.4, -0.2) is 59.8 Å². The molecule has 2 aromatic carbocycles. The first kappa shape index (κ1) is 22.7. The molecule has 8 nitrogen and oxygen atoms in total. The fraction of sp³-hybridized carbons (Fsp3) is 0.292. The van der Waals surface area contributed by atoms with Gasteiger partial charge in [-0.1, -0.05) is 35.9 Å². The molecule has 0 bridgehead atoms. The second-order valence-corrected chi connectivity index (χ2v) is 8.45. The summed E-state index contributed by atoms with van der Waals surface area (Å²) in [5.74, 6) is 0.0832. The van der Waals surface area contributed by atoms with Crippen molar-refractivity contribution in [1.29, 1.82) is 0 Å². The summed E-state index contributed by atoms with van der Waals surface area (Å²) in [6.45, 7) is 5.02. The summed E-state index contributed by atoms with van der Waals surface area (Å²) < 4.78 is 5.76. The van der Waals surface area contributed by atoms with E-state index in [2.05, 4.69) is 10.3 Å². The highest BCUT2D eigenvalue weighted by Crippen LogP contribution is 2.27. The average molecular weight is 468 g/mol. The summed E-state index contributed by atoms with van der Waals surface area (Å²) >= 11 is 5.96. The predicted molar refractivity (Wildman–Crippen MR) is 130 cm³/mol. The first-order valence-corrected chi connectivity index (χ1v) is 11.1. The fourth-order valence-corrected chi connectivity index (χ4v) is 4.26. The number of furan rings is 1. The number of anilines is 1. The molecule has 3 aromatic rings. The first-order chi connectivity index (χ1) is 15.8. The number of nitrogens with zero attached hydrogens (tertiary/aromatic N) is 3. The number of para-hydroxylation sites is 1. The van der Waals surface area contributed by atoms with Gasteiger partial charge < -0.3 is 25.3 Å². The van der Waals surface area contributed by atoms with Gasteiger partial charge in [0, 0.05) is 41.8 Å². The van der Waals surface area contributed by atoms with Gasteiger partial charge in [-0.3, -0.25) is 9.59 Å². The number of aryl methyl sites for hydroxylation is 1. The number of hydrogen-bond donors (Lipinski definition) is 2. The molecule has 4 rings (SSSR count). The van der Waals surface area contributed by atoms with Gasteiger partial charge in [-0.2, -0.15) is 0 Å². The zero-order chi connectivity index (χ0) is 23.5. The van der Waals surface area contributed by atoms with Crippen LogP contribution in [0, 0.1) is 6.92 Å². The van der Waals surface area contributed by atoms with Gasteiger partial charge >= 0.3 is 0 Å². The largest absolute Gasteiger partial charge is 0.461 e. The van der Waals surface area contributed by atoms with Crippen LogP contribution in [0.2, 0.25) is 5.02 Å². The molecule has 2 amide bonds. The van der Waals surface area contributed by atoms with Crippen LogP contribution < -0.4 is 11.1 Å². The molecule has 0 aliphatic carbocycles. The summed E-state index contributed by atoms with van der Waals surface area (Å²) in [5.41, 5.74) is 7.99. The van der Waals surface area contributed by atoms with Crippen LogP contribution in [0.4, 0.5) is 5.69 Å². The fourth-order valence-electron chi connectivity index (χ4n) is 4.07. The monoisotopic (exact) mass is 467 g/mol. The van der Waals surface area contributed by atoms with E-state index in [0.29, 0.717) is 41.6 Å². The standard InChI is InChI=1S/C24H26ClN5O3/c1-15-13-29(24(32)22(26)28-14-27-18-7-5-6-17(25)12-18)10-11-30(15)23(31)21-16(2)33-20-9-4-3-8-19(20)21/h3-9,12,15,27H,10-11,13-14H2,1-2H3,(H2,26,28). The molecule has 1 unspecified atom stereocenters. The molecule has 33 heavy (non-hydrogen) atoms. The lowest BCUT2D eigenvalue weighted by molar-refractivity contribution is -0.126. The van der Waals surface area contributed by atoms with E-state index in [1.807, 2.05) is 43.3 Å². The first-order valence-electron chi connectivity index (χ1n) is 10.7. The topological polar surface area (TPSA) is 104 Å². The number of aliphatic imine (C=N–C) groups is 1. The lowest BCUT2D eigenvalue weighted by atomic mass is 10.1. The number of carbonyl (C=O) groups is 2. The number of fused-ring (bicyclic) bond motifs is 1. The van der Waals surface area contributed by atoms with Crippen LogP contribution in [0.5, 0.6) is 0 Å². The van der Waals surface area contributed by atoms with Crippen molar-refractivity contribution in [2.75, 3.05) is 31.6 Å². The van der Waals surface area contributed by atoms with Gasteiger partial charge in [0.2, 0.25) is 0 Å². The molecule has 0 spiro atoms. The van der Waals surface area contributed by atoms with Crippen molar-refractivity contribution in [1.82, 2.24) is 9.80 Å². The third-order valence-corrected chi connectivity index (χ3v) is 5.97. The maximum atomic E-state index is 13.3. The second kappa shape index (κ2) is 9.54. The number of nitrogens with two attached hydrogens (primary N) is 1. The molecule has 1 aromatic heterocycles. The second-order valence-electron chi connectivity index (χ2n) is 8.02. The number of carbonyl (C=O) groups excluding carboxylic acids is 2. The minimum Gasteiger partial charge on any atom is -0.461 e. The highest BCUT2D eigenvalue weighted by molar-refractivity contribution is 6.37. The van der Waals surface area contributed by atoms with Crippen molar-refractivity contribution in [2.45, 2.75) is 19.9 Å². The maximum Gasteiger partial charge on any atom is 0.288 e. The van der Waals surface area contributed by atoms with Crippen molar-refractivity contribution in [2.24, 2.45) is 10.7 Å². The van der Waals surface area contributed by atoms with E-state index in [9.17, 15) is 9.59 Å². The third kappa shape index (κ3) is 4.80. The minimum atomic E-state index is -0.341. The smallest absolute Gasteiger partial charge is 0.288 e. The number of piperazine rings is 1. The Bertz CT molecular complexity index is 1220. The summed E-state index contributed by atoms with van der Waals surface area (Å²) in [7, 11) is 0. The van der Waals surface area contributed by atoms with Crippen LogP contribution in [-0.2, 0) is 4.79 Å². The van der Waals surface area contributed by atoms with E-state index < -0.39 is 0 Å². The van der Waals surface area contributed by atoms with Crippen molar-refractivity contribution >= 4 is 45.9 Å². The Labute approximate surface area is 197 Å². The van der Waals surface area contributed by atoms with Crippen LogP contribution in [0.25, 0.3) is 11.0 Å². The van der Waals surface area contributed by atoms with E-state index >= 15 is 0 Å². The summed E-state index contributed by atoms with van der Waals surface area (Å²) in [6.07, 6.45) is 0. The SMILES string of the molecule is Cc1oc2ccccc2c1C(=O)N1CCN(C(=O)C(N)=NCNc2cccc(Cl)c2)CC1C. The average Bonchev–Trinajstić information content (AvgIpc) is 3.13. The number of halogens is 1. The van der Waals surface area contributed by atoms with E-state index in [-0.39, 0.29) is 30.4 Å². The van der Waals surface area contributed by atoms with Crippen molar-refractivity contribution < 1.29 is 14.0 Å². The molecule has 1 saturated heterocycles. The lowest BCUT2D eigenvalue weighted by Gasteiger charge is -2.39. The van der Waals surface area contributed by atoms with Gasteiger partial charge in [0.05, 0.1) is 5.56 Å². The predicted octanol–water partition coefficient (Wildman–Crippen LogP) is 3.49. The summed E-state index contributed by atoms with van der Waals surface area (Å²) in [4.78, 5) is 33.6. The zero-order valence-corrected chi connectivity index (χ0v) is 19.3. The van der Waals surface area contributed by atoms with Crippen LogP contribution in [0.1, 0.15) is 23.0 Å². The van der Waals surface area contributed by atoms with E-state index in [1.54, 1.807) is 28.9 Å². The van der Waals surface area contributed by atoms with Crippen molar-refractivity contribution in [3.8, 4) is 0 Å². The Hall–Kier alpha value is -3.52. The molecule has 0 radical (unpaired) electrons. The zero-order valence-electron chi connectivity index (χ0n) is 18.5. The summed E-state index contributed by atoms with van der Waals surface area (Å²) in [6, 6.07) is 14.5. The molecular formula is C24H26ClN5O3. The van der Waals surface area contributed by atoms with E-state index in [0.717, 1.165) is 11.1 Å². The van der Waals surface area contributed by atoms with Gasteiger partial charge in [0.25, 0.3) is 11.8 Å². The Morgan fingerprint density at radius 1 is 1.21 bits per heavy atom. The molecule has 172 valence electrons.